The number of morpholine rings is 1. The van der Waals surface area contributed by atoms with E-state index in [1.54, 1.807) is 35.7 Å². The van der Waals surface area contributed by atoms with Crippen molar-refractivity contribution in [1.82, 2.24) is 19.6 Å². The number of ether oxygens (including phenoxy) is 1. The van der Waals surface area contributed by atoms with Gasteiger partial charge in [-0.15, -0.1) is 0 Å². The highest BCUT2D eigenvalue weighted by Crippen LogP contribution is 2.30. The first-order valence-corrected chi connectivity index (χ1v) is 7.30. The van der Waals surface area contributed by atoms with E-state index in [0.29, 0.717) is 36.1 Å². The molecule has 2 aromatic heterocycles. The summed E-state index contributed by atoms with van der Waals surface area (Å²) < 4.78 is 12.5. The molecule has 0 aromatic carbocycles. The van der Waals surface area contributed by atoms with E-state index < -0.39 is 6.04 Å². The molecule has 2 aromatic rings. The summed E-state index contributed by atoms with van der Waals surface area (Å²) >= 11 is 0. The Morgan fingerprint density at radius 2 is 2.30 bits per heavy atom. The summed E-state index contributed by atoms with van der Waals surface area (Å²) in [6, 6.07) is 3.18. The molecule has 8 nitrogen and oxygen atoms in total. The molecule has 0 aliphatic carbocycles. The fourth-order valence-corrected chi connectivity index (χ4v) is 2.80. The van der Waals surface area contributed by atoms with Crippen LogP contribution < -0.4 is 0 Å². The van der Waals surface area contributed by atoms with Crippen molar-refractivity contribution in [3.05, 3.63) is 35.2 Å². The molecule has 0 unspecified atom stereocenters. The lowest BCUT2D eigenvalue weighted by molar-refractivity contribution is -0.0603. The molecule has 3 rings (SSSR count). The number of hydrogen-bond donors (Lipinski definition) is 0. The van der Waals surface area contributed by atoms with Crippen molar-refractivity contribution < 1.29 is 14.1 Å². The average molecular weight is 315 g/mol. The van der Waals surface area contributed by atoms with E-state index in [9.17, 15) is 4.79 Å². The molecule has 0 saturated carbocycles. The monoisotopic (exact) mass is 315 g/mol. The predicted octanol–water partition coefficient (Wildman–Crippen LogP) is 1.19. The third-order valence-corrected chi connectivity index (χ3v) is 3.90. The van der Waals surface area contributed by atoms with Crippen LogP contribution in [0.5, 0.6) is 0 Å². The van der Waals surface area contributed by atoms with Gasteiger partial charge >= 0.3 is 0 Å². The summed E-state index contributed by atoms with van der Waals surface area (Å²) in [5, 5.41) is 12.8. The molecular formula is C15H17N5O3. The maximum atomic E-state index is 12.9. The largest absolute Gasteiger partial charge is 0.374 e. The Balaban J connectivity index is 1.96. The highest BCUT2D eigenvalue weighted by molar-refractivity contribution is 5.93. The molecular weight excluding hydrogens is 298 g/mol. The minimum atomic E-state index is -0.446. The van der Waals surface area contributed by atoms with E-state index in [-0.39, 0.29) is 12.0 Å². The first-order chi connectivity index (χ1) is 11.0. The van der Waals surface area contributed by atoms with Crippen molar-refractivity contribution >= 4 is 5.91 Å². The normalized spacial score (nSPS) is 21.2. The van der Waals surface area contributed by atoms with Crippen molar-refractivity contribution in [1.29, 1.82) is 5.26 Å². The molecule has 1 aliphatic rings. The molecule has 23 heavy (non-hydrogen) atoms. The zero-order valence-electron chi connectivity index (χ0n) is 13.2. The zero-order valence-corrected chi connectivity index (χ0v) is 13.2. The van der Waals surface area contributed by atoms with Crippen LogP contribution in [0.3, 0.4) is 0 Å². The summed E-state index contributed by atoms with van der Waals surface area (Å²) in [6.07, 6.45) is 1.37. The van der Waals surface area contributed by atoms with Crippen molar-refractivity contribution in [2.75, 3.05) is 13.2 Å². The lowest BCUT2D eigenvalue weighted by atomic mass is 10.1. The Bertz CT molecular complexity index is 772. The fraction of sp³-hybridized carbons (Fsp3) is 0.467. The highest BCUT2D eigenvalue weighted by Gasteiger charge is 2.38. The van der Waals surface area contributed by atoms with Gasteiger partial charge in [0.05, 0.1) is 18.3 Å². The highest BCUT2D eigenvalue weighted by atomic mass is 16.5. The SMILES string of the molecule is Cc1noc([C@@H]2[C@@H](C)OCCN2C(=O)c2cc(C#N)cn2C)n1. The fourth-order valence-electron chi connectivity index (χ4n) is 2.80. The van der Waals surface area contributed by atoms with Crippen LogP contribution in [0.25, 0.3) is 0 Å². The minimum Gasteiger partial charge on any atom is -0.374 e. The number of aryl methyl sites for hydroxylation is 2. The van der Waals surface area contributed by atoms with Crippen LogP contribution in [0.4, 0.5) is 0 Å². The van der Waals surface area contributed by atoms with Crippen LogP contribution in [0.1, 0.15) is 40.7 Å². The van der Waals surface area contributed by atoms with Gasteiger partial charge in [-0.25, -0.2) is 0 Å². The van der Waals surface area contributed by atoms with Crippen LogP contribution in [-0.2, 0) is 11.8 Å². The molecule has 0 bridgehead atoms. The molecule has 3 heterocycles. The van der Waals surface area contributed by atoms with Gasteiger partial charge in [0.1, 0.15) is 17.8 Å². The van der Waals surface area contributed by atoms with Crippen LogP contribution in [0.15, 0.2) is 16.8 Å². The number of nitrogens with zero attached hydrogens (tertiary/aromatic N) is 5. The molecule has 1 amide bonds. The third-order valence-electron chi connectivity index (χ3n) is 3.90. The van der Waals surface area contributed by atoms with Gasteiger partial charge in [-0.3, -0.25) is 4.79 Å². The molecule has 120 valence electrons. The molecule has 1 aliphatic heterocycles. The Kier molecular flexibility index (Phi) is 3.88. The van der Waals surface area contributed by atoms with Gasteiger partial charge in [-0.05, 0) is 19.9 Å². The number of hydrogen-bond acceptors (Lipinski definition) is 6. The van der Waals surface area contributed by atoms with Crippen LogP contribution >= 0.6 is 0 Å². The Morgan fingerprint density at radius 1 is 1.52 bits per heavy atom. The van der Waals surface area contributed by atoms with E-state index in [2.05, 4.69) is 10.1 Å². The summed E-state index contributed by atoms with van der Waals surface area (Å²) in [7, 11) is 1.74. The van der Waals surface area contributed by atoms with E-state index in [0.717, 1.165) is 0 Å². The maximum Gasteiger partial charge on any atom is 0.271 e. The van der Waals surface area contributed by atoms with Crippen LogP contribution in [0.2, 0.25) is 0 Å². The quantitative estimate of drug-likeness (QED) is 0.825. The van der Waals surface area contributed by atoms with Gasteiger partial charge in [0, 0.05) is 19.8 Å². The van der Waals surface area contributed by atoms with Crippen molar-refractivity contribution in [2.45, 2.75) is 26.0 Å². The lowest BCUT2D eigenvalue weighted by Gasteiger charge is -2.37. The lowest BCUT2D eigenvalue weighted by Crippen LogP contribution is -2.47. The summed E-state index contributed by atoms with van der Waals surface area (Å²) in [5.74, 6) is 0.679. The standard InChI is InChI=1S/C15H17N5O3/c1-9-13(14-17-10(2)18-23-14)20(4-5-22-9)15(21)12-6-11(7-16)8-19(12)3/h6,8-9,13H,4-5H2,1-3H3/t9-,13+/m1/s1. The first-order valence-electron chi connectivity index (χ1n) is 7.30. The topological polar surface area (TPSA) is 97.2 Å². The second-order valence-corrected chi connectivity index (χ2v) is 5.54. The summed E-state index contributed by atoms with van der Waals surface area (Å²) in [6.45, 7) is 4.45. The van der Waals surface area contributed by atoms with E-state index in [4.69, 9.17) is 14.5 Å². The summed E-state index contributed by atoms with van der Waals surface area (Å²) in [4.78, 5) is 18.8. The number of aromatic nitrogens is 3. The zero-order chi connectivity index (χ0) is 16.6. The van der Waals surface area contributed by atoms with Gasteiger partial charge < -0.3 is 18.7 Å². The van der Waals surface area contributed by atoms with Gasteiger partial charge in [0.15, 0.2) is 5.82 Å². The predicted molar refractivity (Wildman–Crippen MR) is 78.4 cm³/mol. The molecule has 0 spiro atoms. The Morgan fingerprint density at radius 3 is 2.91 bits per heavy atom. The molecule has 2 atom stereocenters. The van der Waals surface area contributed by atoms with Crippen LogP contribution in [0, 0.1) is 18.3 Å². The van der Waals surface area contributed by atoms with Gasteiger partial charge in [0.2, 0.25) is 0 Å². The second-order valence-electron chi connectivity index (χ2n) is 5.54. The number of nitriles is 1. The van der Waals surface area contributed by atoms with E-state index in [1.165, 1.54) is 0 Å². The Labute approximate surface area is 133 Å². The second kappa shape index (κ2) is 5.85. The van der Waals surface area contributed by atoms with Gasteiger partial charge in [-0.1, -0.05) is 5.16 Å². The molecule has 1 saturated heterocycles. The van der Waals surface area contributed by atoms with Crippen molar-refractivity contribution in [3.8, 4) is 6.07 Å². The Hall–Kier alpha value is -2.66. The van der Waals surface area contributed by atoms with E-state index >= 15 is 0 Å². The summed E-state index contributed by atoms with van der Waals surface area (Å²) in [5.41, 5.74) is 0.888. The minimum absolute atomic E-state index is 0.190. The maximum absolute atomic E-state index is 12.9. The average Bonchev–Trinajstić information content (AvgIpc) is 3.12. The van der Waals surface area contributed by atoms with Crippen molar-refractivity contribution in [3.63, 3.8) is 0 Å². The third kappa shape index (κ3) is 2.71. The molecule has 1 fully saturated rings. The van der Waals surface area contributed by atoms with Crippen LogP contribution in [-0.4, -0.2) is 44.8 Å². The van der Waals surface area contributed by atoms with Gasteiger partial charge in [0.25, 0.3) is 11.8 Å². The molecule has 0 N–H and O–H groups in total. The number of carbonyl (C=O) groups excluding carboxylic acids is 1. The van der Waals surface area contributed by atoms with Gasteiger partial charge in [-0.2, -0.15) is 10.2 Å². The molecule has 0 radical (unpaired) electrons. The number of rotatable bonds is 2. The molecule has 8 heteroatoms. The number of carbonyl (C=O) groups is 1. The van der Waals surface area contributed by atoms with Crippen molar-refractivity contribution in [2.24, 2.45) is 7.05 Å². The smallest absolute Gasteiger partial charge is 0.271 e. The first kappa shape index (κ1) is 15.2. The van der Waals surface area contributed by atoms with E-state index in [1.807, 2.05) is 13.0 Å². The number of amides is 1.